The van der Waals surface area contributed by atoms with E-state index >= 15 is 0 Å². The van der Waals surface area contributed by atoms with Gasteiger partial charge in [-0.1, -0.05) is 112 Å². The van der Waals surface area contributed by atoms with Gasteiger partial charge in [0.1, 0.15) is 0 Å². The highest BCUT2D eigenvalue weighted by molar-refractivity contribution is 7.89. The van der Waals surface area contributed by atoms with E-state index in [1.165, 1.54) is 12.3 Å². The summed E-state index contributed by atoms with van der Waals surface area (Å²) in [5.41, 5.74) is 21.0. The molecule has 0 radical (unpaired) electrons. The number of benzene rings is 7. The van der Waals surface area contributed by atoms with E-state index in [9.17, 15) is 27.6 Å². The third-order valence-electron chi connectivity index (χ3n) is 16.5. The number of aromatic nitrogens is 9. The molecule has 0 spiro atoms. The van der Waals surface area contributed by atoms with Gasteiger partial charge >= 0.3 is 0 Å². The molecule has 0 fully saturated rings. The van der Waals surface area contributed by atoms with Crippen LogP contribution in [0, 0.1) is 13.8 Å². The predicted octanol–water partition coefficient (Wildman–Crippen LogP) is 17.8. The minimum atomic E-state index is -3.18. The monoisotopic (exact) mass is 1570 g/mol. The van der Waals surface area contributed by atoms with Crippen LogP contribution < -0.4 is 27.0 Å². The van der Waals surface area contributed by atoms with E-state index in [0.29, 0.717) is 101 Å². The first-order valence-electron chi connectivity index (χ1n) is 34.0. The van der Waals surface area contributed by atoms with Gasteiger partial charge in [0.25, 0.3) is 23.6 Å². The molecule has 7 aromatic heterocycles. The zero-order valence-electron chi connectivity index (χ0n) is 59.6. The van der Waals surface area contributed by atoms with Gasteiger partial charge in [0, 0.05) is 123 Å². The summed E-state index contributed by atoms with van der Waals surface area (Å²) in [5, 5.41) is 34.0. The van der Waals surface area contributed by atoms with Crippen LogP contribution in [0.2, 0.25) is 20.1 Å². The standard InChI is InChI=1S/C24H21ClN4O.C22H17ClN4O.C19H15ClN4O2.C19H16ClN3O3S/c1-16-13-17(2)29(28-16)15-18-6-8-19(9-7-18)24(30)27-20-10-11-22(25)21(14-20)23-5-3-4-12-26-23;23-20-10-9-18(14-19(20)21-4-1-2-11-24-21)26-22(28)17-7-5-16(6-8-17)15-27-13-3-12-25-27;20-16-9-8-14(11-15(16)17-3-1-2-10-22-17)23-19(25)13-6-4-12(5-7-13)18(21)24-26;1-27(25,26)12-15-6-5-13(11-22-15)19(24)23-14-7-8-17(20)16(10-14)18-4-2-3-9-21-18/h3-14H,15H2,1-2H3,(H,27,30);1-14H,15H2,(H,26,28);1-11,26H,(H2,21,24)(H,23,25);2-11H,12H2,1H3,(H,23,24). The Balaban J connectivity index is 0.000000147. The molecule has 7 heterocycles. The van der Waals surface area contributed by atoms with Crippen LogP contribution in [0.1, 0.15) is 75.2 Å². The van der Waals surface area contributed by atoms with Crippen molar-refractivity contribution in [1.82, 2.24) is 44.5 Å². The number of halogens is 4. The molecule has 0 unspecified atom stereocenters. The number of amidine groups is 1. The zero-order valence-corrected chi connectivity index (χ0v) is 63.5. The Kier molecular flexibility index (Phi) is 26.8. The number of nitrogens with zero attached hydrogens (tertiary/aromatic N) is 10. The lowest BCUT2D eigenvalue weighted by Crippen LogP contribution is -2.15. The Morgan fingerprint density at radius 1 is 0.432 bits per heavy atom. The van der Waals surface area contributed by atoms with Crippen LogP contribution in [0.4, 0.5) is 22.7 Å². The largest absolute Gasteiger partial charge is 0.409 e. The van der Waals surface area contributed by atoms with Crippen molar-refractivity contribution in [2.24, 2.45) is 10.9 Å². The van der Waals surface area contributed by atoms with Crippen molar-refractivity contribution in [1.29, 1.82) is 0 Å². The number of oxime groups is 1. The van der Waals surface area contributed by atoms with Crippen molar-refractivity contribution in [3.8, 4) is 45.0 Å². The number of carbonyl (C=O) groups excluding carboxylic acids is 4. The first-order chi connectivity index (χ1) is 53.6. The van der Waals surface area contributed by atoms with Gasteiger partial charge < -0.3 is 32.2 Å². The fraction of sp³-hybridized carbons (Fsp3) is 0.0714. The summed E-state index contributed by atoms with van der Waals surface area (Å²) in [6.45, 7) is 5.35. The van der Waals surface area contributed by atoms with Crippen LogP contribution in [-0.4, -0.2) is 93.8 Å². The van der Waals surface area contributed by atoms with Gasteiger partial charge in [0.05, 0.1) is 78.7 Å². The van der Waals surface area contributed by atoms with Gasteiger partial charge in [0.15, 0.2) is 15.7 Å². The topological polar surface area (TPSA) is 309 Å². The van der Waals surface area contributed by atoms with E-state index in [2.05, 4.69) is 61.5 Å². The average molecular weight is 1570 g/mol. The molecular formula is C84H69Cl4N15O7S. The zero-order chi connectivity index (χ0) is 78.4. The molecule has 7 aromatic carbocycles. The van der Waals surface area contributed by atoms with Crippen LogP contribution >= 0.6 is 46.4 Å². The first-order valence-corrected chi connectivity index (χ1v) is 37.6. The van der Waals surface area contributed by atoms with Gasteiger partial charge in [-0.15, -0.1) is 0 Å². The Hall–Kier alpha value is -13.0. The predicted molar refractivity (Wildman–Crippen MR) is 437 cm³/mol. The maximum Gasteiger partial charge on any atom is 0.257 e. The number of hydrogen-bond donors (Lipinski definition) is 6. The molecule has 0 aliphatic heterocycles. The second-order valence-corrected chi connectivity index (χ2v) is 28.6. The highest BCUT2D eigenvalue weighted by Crippen LogP contribution is 2.34. The second kappa shape index (κ2) is 37.7. The molecule has 7 N–H and O–H groups in total. The number of hydrogen-bond acceptors (Lipinski definition) is 15. The molecule has 0 saturated heterocycles. The van der Waals surface area contributed by atoms with Crippen molar-refractivity contribution in [3.05, 3.63) is 362 Å². The number of carbonyl (C=O) groups is 4. The van der Waals surface area contributed by atoms with Crippen LogP contribution in [0.3, 0.4) is 0 Å². The highest BCUT2D eigenvalue weighted by Gasteiger charge is 2.17. The lowest BCUT2D eigenvalue weighted by Gasteiger charge is -2.10. The molecule has 556 valence electrons. The summed E-state index contributed by atoms with van der Waals surface area (Å²) in [6.07, 6.45) is 12.9. The molecule has 14 rings (SSSR count). The van der Waals surface area contributed by atoms with Gasteiger partial charge in [-0.2, -0.15) is 10.2 Å². The molecule has 0 saturated carbocycles. The fourth-order valence-electron chi connectivity index (χ4n) is 11.0. The second-order valence-electron chi connectivity index (χ2n) is 24.8. The summed E-state index contributed by atoms with van der Waals surface area (Å²) in [4.78, 5) is 71.4. The lowest BCUT2D eigenvalue weighted by atomic mass is 10.1. The number of nitrogens with one attached hydrogen (secondary N) is 4. The van der Waals surface area contributed by atoms with Crippen molar-refractivity contribution in [3.63, 3.8) is 0 Å². The van der Waals surface area contributed by atoms with Crippen LogP contribution in [-0.2, 0) is 28.7 Å². The lowest BCUT2D eigenvalue weighted by molar-refractivity contribution is 0.101. The summed E-state index contributed by atoms with van der Waals surface area (Å²) >= 11 is 25.1. The molecule has 27 heteroatoms. The number of anilines is 4. The van der Waals surface area contributed by atoms with E-state index < -0.39 is 9.84 Å². The molecule has 0 aliphatic rings. The first kappa shape index (κ1) is 79.0. The summed E-state index contributed by atoms with van der Waals surface area (Å²) in [6, 6.07) is 71.8. The van der Waals surface area contributed by atoms with E-state index in [-0.39, 0.29) is 35.2 Å². The number of sulfone groups is 1. The van der Waals surface area contributed by atoms with Crippen LogP contribution in [0.5, 0.6) is 0 Å². The summed E-state index contributed by atoms with van der Waals surface area (Å²) in [7, 11) is -3.18. The average Bonchev–Trinajstić information content (AvgIpc) is 1.44. The van der Waals surface area contributed by atoms with Crippen molar-refractivity contribution < 1.29 is 32.8 Å². The summed E-state index contributed by atoms with van der Waals surface area (Å²) < 4.78 is 26.4. The molecule has 22 nitrogen and oxygen atoms in total. The Morgan fingerprint density at radius 3 is 1.11 bits per heavy atom. The van der Waals surface area contributed by atoms with Gasteiger partial charge in [-0.25, -0.2) is 8.42 Å². The van der Waals surface area contributed by atoms with Gasteiger partial charge in [-0.05, 0) is 207 Å². The molecule has 0 aliphatic carbocycles. The summed E-state index contributed by atoms with van der Waals surface area (Å²) in [5.74, 6) is -1.19. The quantitative estimate of drug-likeness (QED) is 0.0190. The van der Waals surface area contributed by atoms with E-state index in [1.54, 1.807) is 122 Å². The number of pyridine rings is 5. The molecule has 111 heavy (non-hydrogen) atoms. The van der Waals surface area contributed by atoms with Crippen molar-refractivity contribution >= 4 is 108 Å². The molecule has 0 atom stereocenters. The normalized spacial score (nSPS) is 10.9. The molecular weight excluding hydrogens is 1500 g/mol. The Labute approximate surface area is 659 Å². The maximum atomic E-state index is 12.7. The third kappa shape index (κ3) is 22.5. The number of rotatable bonds is 19. The fourth-order valence-corrected chi connectivity index (χ4v) is 12.5. The van der Waals surface area contributed by atoms with Crippen molar-refractivity contribution in [2.45, 2.75) is 32.7 Å². The number of amides is 4. The molecule has 4 amide bonds. The van der Waals surface area contributed by atoms with Crippen LogP contribution in [0.25, 0.3) is 45.0 Å². The highest BCUT2D eigenvalue weighted by atomic mass is 35.5. The van der Waals surface area contributed by atoms with Crippen LogP contribution in [0.15, 0.2) is 291 Å². The molecule has 14 aromatic rings. The van der Waals surface area contributed by atoms with E-state index in [4.69, 9.17) is 57.3 Å². The SMILES string of the molecule is CS(=O)(=O)Cc1ccc(C(=O)Nc2ccc(Cl)c(-c3ccccn3)c2)cn1.Cc1cc(C)n(Cc2ccc(C(=O)Nc3ccc(Cl)c(-c4ccccn4)c3)cc2)n1.NC(=NO)c1ccc(C(=O)Nc2ccc(Cl)c(-c3ccccn3)c2)cc1.O=C(Nc1ccc(Cl)c(-c2ccccn2)c1)c1ccc(Cn2cccn2)cc1. The Bertz CT molecular complexity index is 5700. The van der Waals surface area contributed by atoms with Gasteiger partial charge in [-0.3, -0.25) is 53.5 Å². The third-order valence-corrected chi connectivity index (χ3v) is 18.6. The minimum absolute atomic E-state index is 0.0188. The maximum absolute atomic E-state index is 12.7. The minimum Gasteiger partial charge on any atom is -0.409 e. The number of nitrogens with two attached hydrogens (primary N) is 1. The molecule has 0 bridgehead atoms. The number of aryl methyl sites for hydroxylation is 2. The smallest absolute Gasteiger partial charge is 0.257 e. The van der Waals surface area contributed by atoms with Crippen molar-refractivity contribution in [2.75, 3.05) is 27.5 Å². The van der Waals surface area contributed by atoms with E-state index in [0.717, 1.165) is 62.5 Å². The Morgan fingerprint density at radius 2 is 0.793 bits per heavy atom. The van der Waals surface area contributed by atoms with E-state index in [1.807, 2.05) is 175 Å². The van der Waals surface area contributed by atoms with Gasteiger partial charge in [0.2, 0.25) is 0 Å².